The first-order chi connectivity index (χ1) is 33.8. The van der Waals surface area contributed by atoms with Crippen molar-refractivity contribution in [1.82, 2.24) is 0 Å². The van der Waals surface area contributed by atoms with E-state index >= 15 is 0 Å². The van der Waals surface area contributed by atoms with Gasteiger partial charge in [-0.1, -0.05) is 135 Å². The average Bonchev–Trinajstić information content (AvgIpc) is 4.02. The Hall–Kier alpha value is -8.60. The Morgan fingerprint density at radius 1 is 0.362 bits per heavy atom. The van der Waals surface area contributed by atoms with E-state index in [4.69, 9.17) is 8.83 Å². The lowest BCUT2D eigenvalue weighted by molar-refractivity contribution is 0.667. The number of benzene rings is 11. The van der Waals surface area contributed by atoms with Crippen molar-refractivity contribution in [3.8, 4) is 11.1 Å². The van der Waals surface area contributed by atoms with Gasteiger partial charge in [-0.15, -0.1) is 0 Å². The Bertz CT molecular complexity index is 4280. The number of rotatable bonds is 6. The van der Waals surface area contributed by atoms with Gasteiger partial charge in [-0.25, -0.2) is 0 Å². The zero-order valence-electron chi connectivity index (χ0n) is 38.8. The summed E-state index contributed by atoms with van der Waals surface area (Å²) in [5.41, 5.74) is 17.3. The minimum absolute atomic E-state index is 0.301. The zero-order valence-corrected chi connectivity index (χ0v) is 38.8. The molecule has 0 unspecified atom stereocenters. The molecule has 0 saturated carbocycles. The number of hydrogen-bond donors (Lipinski definition) is 0. The van der Waals surface area contributed by atoms with Crippen molar-refractivity contribution >= 4 is 110 Å². The molecule has 0 spiro atoms. The van der Waals surface area contributed by atoms with E-state index in [1.54, 1.807) is 0 Å². The van der Waals surface area contributed by atoms with Crippen LogP contribution in [0.1, 0.15) is 36.1 Å². The molecule has 328 valence electrons. The van der Waals surface area contributed by atoms with E-state index in [2.05, 4.69) is 232 Å². The lowest BCUT2D eigenvalue weighted by atomic mass is 9.79. The van der Waals surface area contributed by atoms with Crippen molar-refractivity contribution in [2.24, 2.45) is 0 Å². The summed E-state index contributed by atoms with van der Waals surface area (Å²) >= 11 is 0. The molecule has 13 aromatic rings. The molecular weight excluding hydrogens is 841 g/mol. The second kappa shape index (κ2) is 14.7. The van der Waals surface area contributed by atoms with Crippen LogP contribution in [0.2, 0.25) is 0 Å². The van der Waals surface area contributed by atoms with E-state index in [-0.39, 0.29) is 5.41 Å². The van der Waals surface area contributed by atoms with Gasteiger partial charge in [-0.2, -0.15) is 0 Å². The van der Waals surface area contributed by atoms with Crippen LogP contribution in [0.25, 0.3) is 87.3 Å². The van der Waals surface area contributed by atoms with Crippen molar-refractivity contribution in [1.29, 1.82) is 0 Å². The fourth-order valence-electron chi connectivity index (χ4n) is 11.7. The van der Waals surface area contributed by atoms with Gasteiger partial charge in [-0.05, 0) is 164 Å². The fraction of sp³-hybridized carbons (Fsp3) is 0.0769. The quantitative estimate of drug-likeness (QED) is 0.156. The molecular formula is C65H46N2O2. The largest absolute Gasteiger partial charge is 0.454 e. The SMILES string of the molecule is Cc1cccc(N(c2ccc3cc4c(cc3c2)C(C)(C)c2c-4c3ccccc3c3cc(N(c4cccc(C)c4)c4cccc5c4oc4ccccc45)ccc23)c2cccc3c2oc2ccccc23)c1. The van der Waals surface area contributed by atoms with E-state index in [0.29, 0.717) is 0 Å². The standard InChI is InChI=1S/C65H46N2O2/c1-39-15-11-17-43(33-39)66(57-25-13-23-52-48-20-7-9-27-59(48)68-63(52)57)45-30-29-41-36-55-56(37-42(41)35-45)65(3,4)62-51-32-31-46(38-54(51)47-19-5-6-22-50(47)61(55)62)67(44-18-12-16-40(2)34-44)58-26-14-24-53-49-21-8-10-28-60(49)69-64(53)58/h5-38H,1-4H3. The maximum absolute atomic E-state index is 6.70. The molecule has 11 aromatic carbocycles. The highest BCUT2D eigenvalue weighted by atomic mass is 16.3. The molecule has 0 bridgehead atoms. The molecule has 0 N–H and O–H groups in total. The van der Waals surface area contributed by atoms with Crippen LogP contribution in [0.4, 0.5) is 34.1 Å². The molecule has 0 saturated heterocycles. The summed E-state index contributed by atoms with van der Waals surface area (Å²) < 4.78 is 13.4. The van der Waals surface area contributed by atoms with E-state index in [9.17, 15) is 0 Å². The van der Waals surface area contributed by atoms with Gasteiger partial charge >= 0.3 is 0 Å². The van der Waals surface area contributed by atoms with Crippen LogP contribution >= 0.6 is 0 Å². The van der Waals surface area contributed by atoms with Crippen LogP contribution in [0.5, 0.6) is 0 Å². The molecule has 14 rings (SSSR count). The van der Waals surface area contributed by atoms with Crippen LogP contribution in [-0.2, 0) is 5.41 Å². The van der Waals surface area contributed by atoms with Crippen LogP contribution in [0.3, 0.4) is 0 Å². The molecule has 2 aromatic heterocycles. The highest BCUT2D eigenvalue weighted by molar-refractivity contribution is 6.20. The first kappa shape index (κ1) is 39.6. The first-order valence-corrected chi connectivity index (χ1v) is 23.9. The van der Waals surface area contributed by atoms with Crippen LogP contribution < -0.4 is 9.80 Å². The number of fused-ring (bicyclic) bond motifs is 15. The maximum Gasteiger partial charge on any atom is 0.159 e. The smallest absolute Gasteiger partial charge is 0.159 e. The normalized spacial score (nSPS) is 13.0. The van der Waals surface area contributed by atoms with Gasteiger partial charge in [0.1, 0.15) is 11.2 Å². The number of aryl methyl sites for hydroxylation is 2. The summed E-state index contributed by atoms with van der Waals surface area (Å²) in [7, 11) is 0. The molecule has 0 fully saturated rings. The summed E-state index contributed by atoms with van der Waals surface area (Å²) in [5.74, 6) is 0. The molecule has 0 atom stereocenters. The Morgan fingerprint density at radius 3 is 1.48 bits per heavy atom. The predicted molar refractivity (Wildman–Crippen MR) is 290 cm³/mol. The summed E-state index contributed by atoms with van der Waals surface area (Å²) in [6.07, 6.45) is 0. The van der Waals surface area contributed by atoms with Crippen LogP contribution in [-0.4, -0.2) is 0 Å². The Kier molecular flexibility index (Phi) is 8.43. The highest BCUT2D eigenvalue weighted by Gasteiger charge is 2.39. The lowest BCUT2D eigenvalue weighted by Gasteiger charge is -2.28. The molecule has 1 aliphatic rings. The molecule has 1 aliphatic carbocycles. The Morgan fingerprint density at radius 2 is 0.870 bits per heavy atom. The highest BCUT2D eigenvalue weighted by Crippen LogP contribution is 2.56. The van der Waals surface area contributed by atoms with Gasteiger partial charge in [-0.3, -0.25) is 0 Å². The number of para-hydroxylation sites is 4. The monoisotopic (exact) mass is 886 g/mol. The molecule has 0 amide bonds. The minimum Gasteiger partial charge on any atom is -0.454 e. The van der Waals surface area contributed by atoms with Gasteiger partial charge in [0, 0.05) is 49.7 Å². The summed E-state index contributed by atoms with van der Waals surface area (Å²) in [4.78, 5) is 4.73. The minimum atomic E-state index is -0.301. The summed E-state index contributed by atoms with van der Waals surface area (Å²) in [6.45, 7) is 9.15. The molecule has 69 heavy (non-hydrogen) atoms. The van der Waals surface area contributed by atoms with E-state index in [1.807, 2.05) is 12.1 Å². The average molecular weight is 887 g/mol. The van der Waals surface area contributed by atoms with Crippen LogP contribution in [0, 0.1) is 13.8 Å². The number of hydrogen-bond acceptors (Lipinski definition) is 4. The lowest BCUT2D eigenvalue weighted by Crippen LogP contribution is -2.16. The summed E-state index contributed by atoms with van der Waals surface area (Å²) in [5, 5.41) is 11.9. The van der Waals surface area contributed by atoms with Gasteiger partial charge in [0.15, 0.2) is 11.2 Å². The molecule has 0 radical (unpaired) electrons. The molecule has 0 aliphatic heterocycles. The van der Waals surface area contributed by atoms with Crippen molar-refractivity contribution < 1.29 is 8.83 Å². The van der Waals surface area contributed by atoms with Crippen molar-refractivity contribution in [3.63, 3.8) is 0 Å². The van der Waals surface area contributed by atoms with E-state index in [1.165, 1.54) is 65.7 Å². The fourth-order valence-corrected chi connectivity index (χ4v) is 11.7. The van der Waals surface area contributed by atoms with E-state index < -0.39 is 0 Å². The van der Waals surface area contributed by atoms with Crippen molar-refractivity contribution in [2.75, 3.05) is 9.80 Å². The Labute approximate surface area is 399 Å². The third kappa shape index (κ3) is 5.88. The van der Waals surface area contributed by atoms with Crippen molar-refractivity contribution in [2.45, 2.75) is 33.1 Å². The number of nitrogens with zero attached hydrogens (tertiary/aromatic N) is 2. The third-order valence-electron chi connectivity index (χ3n) is 14.8. The van der Waals surface area contributed by atoms with Crippen molar-refractivity contribution in [3.05, 3.63) is 229 Å². The number of anilines is 6. The van der Waals surface area contributed by atoms with Gasteiger partial charge in [0.05, 0.1) is 11.4 Å². The summed E-state index contributed by atoms with van der Waals surface area (Å²) in [6, 6.07) is 75.1. The molecule has 4 nitrogen and oxygen atoms in total. The number of furan rings is 2. The zero-order chi connectivity index (χ0) is 46.1. The van der Waals surface area contributed by atoms with Gasteiger partial charge < -0.3 is 18.6 Å². The van der Waals surface area contributed by atoms with Crippen LogP contribution in [0.15, 0.2) is 215 Å². The van der Waals surface area contributed by atoms with E-state index in [0.717, 1.165) is 78.0 Å². The van der Waals surface area contributed by atoms with Gasteiger partial charge in [0.25, 0.3) is 0 Å². The molecule has 4 heteroatoms. The predicted octanol–water partition coefficient (Wildman–Crippen LogP) is 18.8. The second-order valence-electron chi connectivity index (χ2n) is 19.4. The topological polar surface area (TPSA) is 32.8 Å². The Balaban J connectivity index is 0.952. The molecule has 2 heterocycles. The third-order valence-corrected chi connectivity index (χ3v) is 14.8. The first-order valence-electron chi connectivity index (χ1n) is 23.9. The maximum atomic E-state index is 6.70. The van der Waals surface area contributed by atoms with Gasteiger partial charge in [0.2, 0.25) is 0 Å². The second-order valence-corrected chi connectivity index (χ2v) is 19.4.